The van der Waals surface area contributed by atoms with Crippen LogP contribution in [-0.4, -0.2) is 33.4 Å². The number of carbonyl (C=O) groups is 1. The molecule has 0 aliphatic rings. The fourth-order valence-electron chi connectivity index (χ4n) is 1.60. The first-order valence-corrected chi connectivity index (χ1v) is 8.13. The highest BCUT2D eigenvalue weighted by Crippen LogP contribution is 2.12. The maximum absolute atomic E-state index is 12.0. The third kappa shape index (κ3) is 4.77. The number of aryl methyl sites for hydroxylation is 1. The minimum atomic E-state index is -3.67. The minimum absolute atomic E-state index is 0.145. The van der Waals surface area contributed by atoms with E-state index in [1.165, 1.54) is 19.2 Å². The third-order valence-corrected chi connectivity index (χ3v) is 4.45. The van der Waals surface area contributed by atoms with E-state index in [4.69, 9.17) is 11.6 Å². The van der Waals surface area contributed by atoms with E-state index in [9.17, 15) is 13.2 Å². The SMILES string of the molecule is CCCc1ccc(S(=O)(=O)NCC(Cl)C(=O)OC)cc1. The molecule has 0 aliphatic carbocycles. The van der Waals surface area contributed by atoms with Crippen LogP contribution in [0.15, 0.2) is 29.2 Å². The lowest BCUT2D eigenvalue weighted by Gasteiger charge is -2.10. The van der Waals surface area contributed by atoms with Gasteiger partial charge in [0.05, 0.1) is 12.0 Å². The zero-order chi connectivity index (χ0) is 15.2. The van der Waals surface area contributed by atoms with Crippen molar-refractivity contribution in [3.05, 3.63) is 29.8 Å². The summed E-state index contributed by atoms with van der Waals surface area (Å²) in [7, 11) is -2.48. The molecule has 0 heterocycles. The van der Waals surface area contributed by atoms with Gasteiger partial charge >= 0.3 is 5.97 Å². The maximum Gasteiger partial charge on any atom is 0.325 e. The van der Waals surface area contributed by atoms with Crippen LogP contribution in [0, 0.1) is 0 Å². The fourth-order valence-corrected chi connectivity index (χ4v) is 2.91. The highest BCUT2D eigenvalue weighted by molar-refractivity contribution is 7.89. The van der Waals surface area contributed by atoms with Gasteiger partial charge in [0.1, 0.15) is 5.38 Å². The largest absolute Gasteiger partial charge is 0.468 e. The number of hydrogen-bond donors (Lipinski definition) is 1. The maximum atomic E-state index is 12.0. The number of esters is 1. The molecule has 0 bridgehead atoms. The molecule has 0 aliphatic heterocycles. The van der Waals surface area contributed by atoms with E-state index >= 15 is 0 Å². The number of halogens is 1. The molecule has 20 heavy (non-hydrogen) atoms. The summed E-state index contributed by atoms with van der Waals surface area (Å²) >= 11 is 5.69. The fraction of sp³-hybridized carbons (Fsp3) is 0.462. The molecule has 0 spiro atoms. The number of alkyl halides is 1. The van der Waals surface area contributed by atoms with E-state index in [-0.39, 0.29) is 11.4 Å². The van der Waals surface area contributed by atoms with Crippen molar-refractivity contribution < 1.29 is 17.9 Å². The Kier molecular flexibility index (Phi) is 6.45. The van der Waals surface area contributed by atoms with Gasteiger partial charge < -0.3 is 4.74 Å². The number of benzene rings is 1. The van der Waals surface area contributed by atoms with Gasteiger partial charge in [-0.15, -0.1) is 11.6 Å². The first kappa shape index (κ1) is 16.9. The number of hydrogen-bond acceptors (Lipinski definition) is 4. The van der Waals surface area contributed by atoms with Crippen LogP contribution in [0.3, 0.4) is 0 Å². The molecule has 0 amide bonds. The summed E-state index contributed by atoms with van der Waals surface area (Å²) in [6.45, 7) is 1.84. The average molecular weight is 320 g/mol. The predicted molar refractivity (Wildman–Crippen MR) is 77.3 cm³/mol. The predicted octanol–water partition coefficient (Wildman–Crippen LogP) is 1.70. The van der Waals surface area contributed by atoms with Crippen LogP contribution < -0.4 is 4.72 Å². The molecule has 0 saturated heterocycles. The van der Waals surface area contributed by atoms with Crippen LogP contribution in [0.4, 0.5) is 0 Å². The van der Waals surface area contributed by atoms with Crippen molar-refractivity contribution >= 4 is 27.6 Å². The Bertz CT molecular complexity index is 542. The summed E-state index contributed by atoms with van der Waals surface area (Å²) in [4.78, 5) is 11.2. The van der Waals surface area contributed by atoms with Crippen LogP contribution in [0.5, 0.6) is 0 Å². The Hall–Kier alpha value is -1.11. The highest BCUT2D eigenvalue weighted by atomic mass is 35.5. The van der Waals surface area contributed by atoms with E-state index < -0.39 is 21.4 Å². The van der Waals surface area contributed by atoms with Gasteiger partial charge in [0.2, 0.25) is 10.0 Å². The molecule has 1 aromatic rings. The quantitative estimate of drug-likeness (QED) is 0.613. The number of methoxy groups -OCH3 is 1. The number of ether oxygens (including phenoxy) is 1. The van der Waals surface area contributed by atoms with Crippen molar-refractivity contribution in [3.8, 4) is 0 Å². The Morgan fingerprint density at radius 1 is 1.35 bits per heavy atom. The molecule has 7 heteroatoms. The van der Waals surface area contributed by atoms with Gasteiger partial charge in [-0.1, -0.05) is 25.5 Å². The van der Waals surface area contributed by atoms with Crippen LogP contribution in [0.1, 0.15) is 18.9 Å². The van der Waals surface area contributed by atoms with Gasteiger partial charge in [-0.05, 0) is 24.1 Å². The van der Waals surface area contributed by atoms with Crippen LogP contribution in [0.2, 0.25) is 0 Å². The van der Waals surface area contributed by atoms with E-state index in [1.807, 2.05) is 0 Å². The second kappa shape index (κ2) is 7.61. The van der Waals surface area contributed by atoms with E-state index in [0.29, 0.717) is 0 Å². The highest BCUT2D eigenvalue weighted by Gasteiger charge is 2.20. The van der Waals surface area contributed by atoms with Crippen molar-refractivity contribution in [2.45, 2.75) is 30.0 Å². The Labute approximate surface area is 124 Å². The third-order valence-electron chi connectivity index (χ3n) is 2.68. The van der Waals surface area contributed by atoms with Gasteiger partial charge in [-0.3, -0.25) is 4.79 Å². The zero-order valence-corrected chi connectivity index (χ0v) is 13.0. The molecule has 1 N–H and O–H groups in total. The molecular weight excluding hydrogens is 302 g/mol. The van der Waals surface area contributed by atoms with Crippen molar-refractivity contribution in [3.63, 3.8) is 0 Å². The summed E-state index contributed by atoms with van der Waals surface area (Å²) < 4.78 is 30.7. The lowest BCUT2D eigenvalue weighted by atomic mass is 10.1. The smallest absolute Gasteiger partial charge is 0.325 e. The van der Waals surface area contributed by atoms with Gasteiger partial charge in [0, 0.05) is 6.54 Å². The monoisotopic (exact) mass is 319 g/mol. The van der Waals surface area contributed by atoms with Crippen molar-refractivity contribution in [2.24, 2.45) is 0 Å². The van der Waals surface area contributed by atoms with Crippen LogP contribution in [0.25, 0.3) is 0 Å². The molecule has 1 rings (SSSR count). The number of sulfonamides is 1. The molecular formula is C13H18ClNO4S. The van der Waals surface area contributed by atoms with E-state index in [0.717, 1.165) is 18.4 Å². The molecule has 0 aromatic heterocycles. The van der Waals surface area contributed by atoms with Crippen LogP contribution in [-0.2, 0) is 26.0 Å². The van der Waals surface area contributed by atoms with E-state index in [2.05, 4.69) is 16.4 Å². The standard InChI is InChI=1S/C13H18ClNO4S/c1-3-4-10-5-7-11(8-6-10)20(17,18)15-9-12(14)13(16)19-2/h5-8,12,15H,3-4,9H2,1-2H3. The first-order valence-electron chi connectivity index (χ1n) is 6.21. The summed E-state index contributed by atoms with van der Waals surface area (Å²) in [5.74, 6) is -0.673. The summed E-state index contributed by atoms with van der Waals surface area (Å²) in [5, 5.41) is -1.05. The van der Waals surface area contributed by atoms with Crippen LogP contribution >= 0.6 is 11.6 Å². The zero-order valence-electron chi connectivity index (χ0n) is 11.4. The second-order valence-electron chi connectivity index (χ2n) is 4.24. The summed E-state index contributed by atoms with van der Waals surface area (Å²) in [6.07, 6.45) is 1.90. The summed E-state index contributed by atoms with van der Waals surface area (Å²) in [5.41, 5.74) is 1.08. The molecule has 0 radical (unpaired) electrons. The summed E-state index contributed by atoms with van der Waals surface area (Å²) in [6, 6.07) is 6.62. The Morgan fingerprint density at radius 2 is 1.95 bits per heavy atom. The minimum Gasteiger partial charge on any atom is -0.468 e. The molecule has 0 fully saturated rings. The van der Waals surface area contributed by atoms with Gasteiger partial charge in [0.25, 0.3) is 0 Å². The average Bonchev–Trinajstić information content (AvgIpc) is 2.45. The number of carbonyl (C=O) groups excluding carboxylic acids is 1. The van der Waals surface area contributed by atoms with Gasteiger partial charge in [-0.25, -0.2) is 13.1 Å². The number of nitrogens with one attached hydrogen (secondary N) is 1. The molecule has 0 saturated carbocycles. The molecule has 5 nitrogen and oxygen atoms in total. The van der Waals surface area contributed by atoms with Crippen molar-refractivity contribution in [1.29, 1.82) is 0 Å². The lowest BCUT2D eigenvalue weighted by molar-refractivity contribution is -0.140. The van der Waals surface area contributed by atoms with E-state index in [1.54, 1.807) is 12.1 Å². The topological polar surface area (TPSA) is 72.5 Å². The van der Waals surface area contributed by atoms with Gasteiger partial charge in [-0.2, -0.15) is 0 Å². The second-order valence-corrected chi connectivity index (χ2v) is 6.53. The molecule has 1 atom stereocenters. The number of rotatable bonds is 7. The van der Waals surface area contributed by atoms with Gasteiger partial charge in [0.15, 0.2) is 0 Å². The molecule has 1 unspecified atom stereocenters. The Balaban J connectivity index is 2.71. The Morgan fingerprint density at radius 3 is 2.45 bits per heavy atom. The molecule has 112 valence electrons. The van der Waals surface area contributed by atoms with Crippen molar-refractivity contribution in [2.75, 3.05) is 13.7 Å². The van der Waals surface area contributed by atoms with Crippen molar-refractivity contribution in [1.82, 2.24) is 4.72 Å². The molecule has 1 aromatic carbocycles. The lowest BCUT2D eigenvalue weighted by Crippen LogP contribution is -2.34. The first-order chi connectivity index (χ1) is 9.40. The normalized spacial score (nSPS) is 12.9.